The second-order valence-electron chi connectivity index (χ2n) is 8.92. The van der Waals surface area contributed by atoms with Crippen LogP contribution >= 0.6 is 11.8 Å². The lowest BCUT2D eigenvalue weighted by molar-refractivity contribution is -0.142. The molecule has 0 bridgehead atoms. The molecule has 1 fully saturated rings. The predicted molar refractivity (Wildman–Crippen MR) is 120 cm³/mol. The first-order valence-electron chi connectivity index (χ1n) is 10.3. The Morgan fingerprint density at radius 1 is 1.03 bits per heavy atom. The van der Waals surface area contributed by atoms with Crippen molar-refractivity contribution >= 4 is 23.6 Å². The molecule has 0 aliphatic carbocycles. The molecule has 1 aliphatic rings. The number of piperazine rings is 1. The number of amides is 2. The first-order valence-corrected chi connectivity index (χ1v) is 11.3. The zero-order chi connectivity index (χ0) is 21.7. The second-order valence-corrected chi connectivity index (χ2v) is 9.92. The van der Waals surface area contributed by atoms with Crippen molar-refractivity contribution in [2.24, 2.45) is 5.41 Å². The average molecular weight is 427 g/mol. The van der Waals surface area contributed by atoms with Crippen LogP contribution in [0.2, 0.25) is 0 Å². The highest BCUT2D eigenvalue weighted by Crippen LogP contribution is 2.23. The normalized spacial score (nSPS) is 17.1. The summed E-state index contributed by atoms with van der Waals surface area (Å²) in [6.45, 7) is 9.98. The van der Waals surface area contributed by atoms with Crippen molar-refractivity contribution in [3.8, 4) is 11.3 Å². The predicted octanol–water partition coefficient (Wildman–Crippen LogP) is 3.73. The summed E-state index contributed by atoms with van der Waals surface area (Å²) in [7, 11) is 0. The highest BCUT2D eigenvalue weighted by molar-refractivity contribution is 7.99. The molecule has 7 heteroatoms. The van der Waals surface area contributed by atoms with E-state index >= 15 is 0 Å². The minimum atomic E-state index is -0.0303. The molecule has 1 aromatic carbocycles. The Bertz CT molecular complexity index is 865. The molecule has 0 N–H and O–H groups in total. The van der Waals surface area contributed by atoms with E-state index in [4.69, 9.17) is 0 Å². The van der Waals surface area contributed by atoms with Gasteiger partial charge in [0.15, 0.2) is 0 Å². The Morgan fingerprint density at radius 3 is 2.37 bits per heavy atom. The lowest BCUT2D eigenvalue weighted by Crippen LogP contribution is -2.56. The van der Waals surface area contributed by atoms with Crippen LogP contribution in [0.5, 0.6) is 0 Å². The summed E-state index contributed by atoms with van der Waals surface area (Å²) in [5, 5.41) is 9.25. The van der Waals surface area contributed by atoms with Gasteiger partial charge < -0.3 is 9.80 Å². The highest BCUT2D eigenvalue weighted by Gasteiger charge is 2.31. The Labute approximate surface area is 183 Å². The fraction of sp³-hybridized carbons (Fsp3) is 0.478. The smallest absolute Gasteiger partial charge is 0.233 e. The number of nitrogens with zero attached hydrogens (tertiary/aromatic N) is 4. The summed E-state index contributed by atoms with van der Waals surface area (Å²) in [6.07, 6.45) is 0.527. The van der Waals surface area contributed by atoms with Gasteiger partial charge >= 0.3 is 0 Å². The van der Waals surface area contributed by atoms with Crippen LogP contribution in [0.3, 0.4) is 0 Å². The molecule has 1 atom stereocenters. The summed E-state index contributed by atoms with van der Waals surface area (Å²) in [5.74, 6) is 0.566. The molecule has 1 unspecified atom stereocenters. The molecule has 3 rings (SSSR count). The van der Waals surface area contributed by atoms with Gasteiger partial charge in [0.1, 0.15) is 5.03 Å². The second kappa shape index (κ2) is 9.60. The third-order valence-corrected chi connectivity index (χ3v) is 5.94. The van der Waals surface area contributed by atoms with Crippen LogP contribution < -0.4 is 0 Å². The van der Waals surface area contributed by atoms with Crippen LogP contribution in [0.1, 0.15) is 34.1 Å². The zero-order valence-corrected chi connectivity index (χ0v) is 19.0. The fourth-order valence-corrected chi connectivity index (χ4v) is 4.21. The van der Waals surface area contributed by atoms with Crippen molar-refractivity contribution in [3.05, 3.63) is 42.5 Å². The summed E-state index contributed by atoms with van der Waals surface area (Å²) in [6, 6.07) is 13.8. The standard InChI is InChI=1S/C23H30N4O2S/c1-17-15-26(12-13-27(17)21(28)14-23(2,3)4)22(29)16-30-20-11-10-19(24-25-20)18-8-6-5-7-9-18/h5-11,17H,12-16H2,1-4H3. The molecule has 0 spiro atoms. The summed E-state index contributed by atoms with van der Waals surface area (Å²) < 4.78 is 0. The van der Waals surface area contributed by atoms with Crippen LogP contribution in [0.25, 0.3) is 11.3 Å². The van der Waals surface area contributed by atoms with Crippen molar-refractivity contribution in [2.45, 2.75) is 45.2 Å². The number of benzene rings is 1. The van der Waals surface area contributed by atoms with Gasteiger partial charge in [0.05, 0.1) is 11.4 Å². The number of rotatable bonds is 5. The SMILES string of the molecule is CC1CN(C(=O)CSc2ccc(-c3ccccc3)nn2)CCN1C(=O)CC(C)(C)C. The van der Waals surface area contributed by atoms with Gasteiger partial charge in [-0.05, 0) is 24.5 Å². The molecule has 1 aliphatic heterocycles. The Hall–Kier alpha value is -2.41. The Balaban J connectivity index is 1.49. The van der Waals surface area contributed by atoms with Crippen molar-refractivity contribution < 1.29 is 9.59 Å². The maximum Gasteiger partial charge on any atom is 0.233 e. The van der Waals surface area contributed by atoms with Crippen molar-refractivity contribution in [2.75, 3.05) is 25.4 Å². The molecule has 2 amide bonds. The molecule has 160 valence electrons. The number of carbonyl (C=O) groups is 2. The molecule has 0 saturated carbocycles. The summed E-state index contributed by atoms with van der Waals surface area (Å²) in [4.78, 5) is 29.0. The number of hydrogen-bond donors (Lipinski definition) is 0. The first kappa shape index (κ1) is 22.3. The largest absolute Gasteiger partial charge is 0.338 e. The highest BCUT2D eigenvalue weighted by atomic mass is 32.2. The van der Waals surface area contributed by atoms with E-state index < -0.39 is 0 Å². The molecule has 6 nitrogen and oxygen atoms in total. The minimum absolute atomic E-state index is 0.0303. The molecule has 1 saturated heterocycles. The molecule has 30 heavy (non-hydrogen) atoms. The zero-order valence-electron chi connectivity index (χ0n) is 18.2. The van der Waals surface area contributed by atoms with Gasteiger partial charge in [-0.3, -0.25) is 9.59 Å². The number of hydrogen-bond acceptors (Lipinski definition) is 5. The van der Waals surface area contributed by atoms with E-state index in [1.54, 1.807) is 0 Å². The van der Waals surface area contributed by atoms with Gasteiger partial charge in [-0.15, -0.1) is 10.2 Å². The molecule has 2 heterocycles. The van der Waals surface area contributed by atoms with Crippen LogP contribution in [-0.4, -0.2) is 63.2 Å². The number of thioether (sulfide) groups is 1. The topological polar surface area (TPSA) is 66.4 Å². The maximum absolute atomic E-state index is 12.7. The summed E-state index contributed by atoms with van der Waals surface area (Å²) in [5.41, 5.74) is 1.80. The number of aromatic nitrogens is 2. The summed E-state index contributed by atoms with van der Waals surface area (Å²) >= 11 is 1.40. The third kappa shape index (κ3) is 6.05. The Kier molecular flexibility index (Phi) is 7.13. The monoisotopic (exact) mass is 426 g/mol. The number of carbonyl (C=O) groups excluding carboxylic acids is 2. The van der Waals surface area contributed by atoms with Gasteiger partial charge in [-0.25, -0.2) is 0 Å². The van der Waals surface area contributed by atoms with Gasteiger partial charge in [0, 0.05) is 37.7 Å². The molecule has 2 aromatic rings. The van der Waals surface area contributed by atoms with Gasteiger partial charge in [0.25, 0.3) is 0 Å². The van der Waals surface area contributed by atoms with E-state index in [1.165, 1.54) is 11.8 Å². The average Bonchev–Trinajstić information content (AvgIpc) is 2.71. The molecular formula is C23H30N4O2S. The van der Waals surface area contributed by atoms with E-state index in [1.807, 2.05) is 59.2 Å². The van der Waals surface area contributed by atoms with E-state index in [0.29, 0.717) is 31.8 Å². The van der Waals surface area contributed by atoms with E-state index in [-0.39, 0.29) is 23.3 Å². The molecule has 1 aromatic heterocycles. The quantitative estimate of drug-likeness (QED) is 0.682. The van der Waals surface area contributed by atoms with Crippen LogP contribution in [0.15, 0.2) is 47.5 Å². The van der Waals surface area contributed by atoms with Gasteiger partial charge in [-0.1, -0.05) is 62.9 Å². The van der Waals surface area contributed by atoms with Gasteiger partial charge in [0.2, 0.25) is 11.8 Å². The Morgan fingerprint density at radius 2 is 1.77 bits per heavy atom. The maximum atomic E-state index is 12.7. The van der Waals surface area contributed by atoms with E-state index in [2.05, 4.69) is 31.0 Å². The first-order chi connectivity index (χ1) is 14.2. The lowest BCUT2D eigenvalue weighted by Gasteiger charge is -2.40. The molecular weight excluding hydrogens is 396 g/mol. The fourth-order valence-electron chi connectivity index (χ4n) is 3.50. The van der Waals surface area contributed by atoms with Crippen molar-refractivity contribution in [1.82, 2.24) is 20.0 Å². The van der Waals surface area contributed by atoms with Crippen LogP contribution in [0, 0.1) is 5.41 Å². The van der Waals surface area contributed by atoms with Crippen LogP contribution in [-0.2, 0) is 9.59 Å². The lowest BCUT2D eigenvalue weighted by atomic mass is 9.91. The van der Waals surface area contributed by atoms with Crippen molar-refractivity contribution in [1.29, 1.82) is 0 Å². The molecule has 0 radical (unpaired) electrons. The van der Waals surface area contributed by atoms with E-state index in [0.717, 1.165) is 16.3 Å². The third-order valence-electron chi connectivity index (χ3n) is 5.04. The van der Waals surface area contributed by atoms with Crippen molar-refractivity contribution in [3.63, 3.8) is 0 Å². The van der Waals surface area contributed by atoms with E-state index in [9.17, 15) is 9.59 Å². The van der Waals surface area contributed by atoms with Gasteiger partial charge in [-0.2, -0.15) is 0 Å². The minimum Gasteiger partial charge on any atom is -0.338 e. The van der Waals surface area contributed by atoms with Crippen LogP contribution in [0.4, 0.5) is 0 Å².